The molecule has 1 fully saturated rings. The van der Waals surface area contributed by atoms with E-state index in [1.165, 1.54) is 44.8 Å². The zero-order valence-corrected chi connectivity index (χ0v) is 19.6. The Bertz CT molecular complexity index is 1190. The first kappa shape index (κ1) is 20.2. The molecule has 3 N–H and O–H groups in total. The first-order valence-electron chi connectivity index (χ1n) is 10.9. The van der Waals surface area contributed by atoms with Crippen LogP contribution in [0.25, 0.3) is 5.00 Å². The standard InChI is InChI=1S/C22H25N7OS2/c1-12-3-6-14(7-4-12)25-17(30)10-31-22-27-26-21-28(22)20-18(19-23-11-24-29(19)21)15-9-13(2)5-8-16(15)32-20/h3-4,6-7,13,19,23-24H,5,8-11H2,1-2H3,(H,25,30)/t13-,19?/m1/s1. The number of aryl methyl sites for hydroxylation is 2. The van der Waals surface area contributed by atoms with Crippen molar-refractivity contribution in [3.8, 4) is 5.00 Å². The summed E-state index contributed by atoms with van der Waals surface area (Å²) in [5.41, 5.74) is 8.20. The van der Waals surface area contributed by atoms with E-state index in [2.05, 4.69) is 42.8 Å². The Morgan fingerprint density at radius 2 is 2.16 bits per heavy atom. The lowest BCUT2D eigenvalue weighted by Crippen LogP contribution is -2.39. The summed E-state index contributed by atoms with van der Waals surface area (Å²) in [5, 5.41) is 19.5. The number of carbonyl (C=O) groups is 1. The van der Waals surface area contributed by atoms with Crippen LogP contribution in [0.1, 0.15) is 41.1 Å². The summed E-state index contributed by atoms with van der Waals surface area (Å²) >= 11 is 3.29. The number of hydrogen-bond acceptors (Lipinski definition) is 8. The van der Waals surface area contributed by atoms with Gasteiger partial charge >= 0.3 is 0 Å². The van der Waals surface area contributed by atoms with E-state index in [9.17, 15) is 4.79 Å². The number of anilines is 2. The maximum atomic E-state index is 12.6. The van der Waals surface area contributed by atoms with Crippen molar-refractivity contribution in [3.05, 3.63) is 45.8 Å². The van der Waals surface area contributed by atoms with E-state index in [1.807, 2.05) is 42.5 Å². The van der Waals surface area contributed by atoms with E-state index in [-0.39, 0.29) is 17.8 Å². The molecule has 0 bridgehead atoms. The summed E-state index contributed by atoms with van der Waals surface area (Å²) in [5.74, 6) is 1.70. The van der Waals surface area contributed by atoms with E-state index in [4.69, 9.17) is 0 Å². The number of benzene rings is 1. The molecule has 3 aliphatic rings. The third-order valence-corrected chi connectivity index (χ3v) is 8.53. The van der Waals surface area contributed by atoms with Crippen molar-refractivity contribution in [1.82, 2.24) is 25.5 Å². The number of nitrogens with zero attached hydrogens (tertiary/aromatic N) is 4. The molecule has 8 nitrogen and oxygen atoms in total. The van der Waals surface area contributed by atoms with Gasteiger partial charge in [0.15, 0.2) is 5.16 Å². The van der Waals surface area contributed by atoms with Crippen LogP contribution in [0.15, 0.2) is 29.4 Å². The normalized spacial score (nSPS) is 21.0. The molecule has 1 amide bonds. The third kappa shape index (κ3) is 3.33. The molecular weight excluding hydrogens is 442 g/mol. The highest BCUT2D eigenvalue weighted by molar-refractivity contribution is 7.99. The zero-order chi connectivity index (χ0) is 21.8. The van der Waals surface area contributed by atoms with Crippen molar-refractivity contribution in [2.75, 3.05) is 22.7 Å². The van der Waals surface area contributed by atoms with Crippen molar-refractivity contribution in [2.24, 2.45) is 5.92 Å². The van der Waals surface area contributed by atoms with Crippen LogP contribution in [0, 0.1) is 12.8 Å². The van der Waals surface area contributed by atoms with Gasteiger partial charge in [-0.05, 0) is 49.8 Å². The number of amides is 1. The van der Waals surface area contributed by atoms with Crippen LogP contribution in [0.3, 0.4) is 0 Å². The number of rotatable bonds is 4. The second-order valence-electron chi connectivity index (χ2n) is 8.70. The number of fused-ring (bicyclic) bond motifs is 8. The van der Waals surface area contributed by atoms with Gasteiger partial charge in [0.2, 0.25) is 11.9 Å². The first-order chi connectivity index (χ1) is 15.6. The molecule has 6 rings (SSSR count). The Balaban J connectivity index is 1.29. The maximum Gasteiger partial charge on any atom is 0.249 e. The first-order valence-corrected chi connectivity index (χ1v) is 12.7. The quantitative estimate of drug-likeness (QED) is 0.507. The second-order valence-corrected chi connectivity index (χ2v) is 10.7. The van der Waals surface area contributed by atoms with Crippen LogP contribution in [0.5, 0.6) is 0 Å². The smallest absolute Gasteiger partial charge is 0.249 e. The third-order valence-electron chi connectivity index (χ3n) is 6.31. The van der Waals surface area contributed by atoms with Gasteiger partial charge in [0.25, 0.3) is 0 Å². The van der Waals surface area contributed by atoms with Gasteiger partial charge in [0, 0.05) is 16.1 Å². The van der Waals surface area contributed by atoms with Crippen molar-refractivity contribution in [2.45, 2.75) is 44.4 Å². The molecule has 0 spiro atoms. The van der Waals surface area contributed by atoms with Crippen LogP contribution in [-0.4, -0.2) is 33.1 Å². The van der Waals surface area contributed by atoms with Gasteiger partial charge in [0.05, 0.1) is 12.4 Å². The van der Waals surface area contributed by atoms with Gasteiger partial charge in [-0.1, -0.05) is 36.4 Å². The van der Waals surface area contributed by atoms with Crippen LogP contribution < -0.4 is 21.1 Å². The molecule has 1 aliphatic carbocycles. The summed E-state index contributed by atoms with van der Waals surface area (Å²) < 4.78 is 2.13. The van der Waals surface area contributed by atoms with Crippen molar-refractivity contribution >= 4 is 40.6 Å². The Labute approximate surface area is 194 Å². The number of thioether (sulfide) groups is 1. The highest BCUT2D eigenvalue weighted by atomic mass is 32.2. The number of aromatic nitrogens is 3. The molecule has 0 radical (unpaired) electrons. The summed E-state index contributed by atoms with van der Waals surface area (Å²) in [6.45, 7) is 5.06. The van der Waals surface area contributed by atoms with Gasteiger partial charge in [-0.2, -0.15) is 0 Å². The Morgan fingerprint density at radius 3 is 3.00 bits per heavy atom. The summed E-state index contributed by atoms with van der Waals surface area (Å²) in [4.78, 5) is 14.0. The lowest BCUT2D eigenvalue weighted by Gasteiger charge is -2.31. The van der Waals surface area contributed by atoms with Crippen molar-refractivity contribution in [3.63, 3.8) is 0 Å². The molecular formula is C22H25N7OS2. The van der Waals surface area contributed by atoms with E-state index < -0.39 is 0 Å². The summed E-state index contributed by atoms with van der Waals surface area (Å²) in [6.07, 6.45) is 3.57. The lowest BCUT2D eigenvalue weighted by molar-refractivity contribution is -0.113. The zero-order valence-electron chi connectivity index (χ0n) is 18.0. The van der Waals surface area contributed by atoms with E-state index >= 15 is 0 Å². The largest absolute Gasteiger partial charge is 0.325 e. The average Bonchev–Trinajstić information content (AvgIpc) is 3.49. The molecule has 2 aliphatic heterocycles. The molecule has 2 aromatic heterocycles. The number of hydrogen-bond donors (Lipinski definition) is 3. The van der Waals surface area contributed by atoms with Gasteiger partial charge < -0.3 is 5.32 Å². The van der Waals surface area contributed by atoms with Crippen LogP contribution in [0.4, 0.5) is 11.6 Å². The van der Waals surface area contributed by atoms with Crippen molar-refractivity contribution < 1.29 is 4.79 Å². The molecule has 32 heavy (non-hydrogen) atoms. The highest BCUT2D eigenvalue weighted by Crippen LogP contribution is 2.48. The predicted octanol–water partition coefficient (Wildman–Crippen LogP) is 3.38. The second kappa shape index (κ2) is 7.87. The Hall–Kier alpha value is -2.40. The minimum absolute atomic E-state index is 0.0506. The number of hydrazine groups is 1. The van der Waals surface area contributed by atoms with Gasteiger partial charge in [-0.15, -0.1) is 21.5 Å². The summed E-state index contributed by atoms with van der Waals surface area (Å²) in [7, 11) is 0. The molecule has 0 saturated carbocycles. The maximum absolute atomic E-state index is 12.6. The van der Waals surface area contributed by atoms with Gasteiger partial charge in [-0.25, -0.2) is 9.99 Å². The molecule has 10 heteroatoms. The predicted molar refractivity (Wildman–Crippen MR) is 127 cm³/mol. The molecule has 1 unspecified atom stereocenters. The molecule has 3 aromatic rings. The van der Waals surface area contributed by atoms with Crippen molar-refractivity contribution in [1.29, 1.82) is 0 Å². The number of nitrogens with one attached hydrogen (secondary N) is 3. The Morgan fingerprint density at radius 1 is 1.31 bits per heavy atom. The fourth-order valence-corrected chi connectivity index (χ4v) is 6.86. The monoisotopic (exact) mass is 467 g/mol. The van der Waals surface area contributed by atoms with Crippen LogP contribution in [-0.2, 0) is 17.6 Å². The number of carbonyl (C=O) groups excluding carboxylic acids is 1. The van der Waals surface area contributed by atoms with E-state index in [0.717, 1.165) is 29.6 Å². The SMILES string of the molecule is Cc1ccc(NC(=O)CSc2nnc3n2-c2sc4c(c2C2NCNN32)C[C@H](C)CC4)cc1. The van der Waals surface area contributed by atoms with E-state index in [0.29, 0.717) is 12.6 Å². The van der Waals surface area contributed by atoms with Crippen LogP contribution >= 0.6 is 23.1 Å². The fraction of sp³-hybridized carbons (Fsp3) is 0.409. The molecule has 2 atom stereocenters. The minimum Gasteiger partial charge on any atom is -0.325 e. The molecule has 1 saturated heterocycles. The summed E-state index contributed by atoms with van der Waals surface area (Å²) in [6, 6.07) is 7.83. The number of thiophene rings is 1. The molecule has 4 heterocycles. The average molecular weight is 468 g/mol. The van der Waals surface area contributed by atoms with Gasteiger partial charge in [-0.3, -0.25) is 15.1 Å². The molecule has 1 aromatic carbocycles. The highest BCUT2D eigenvalue weighted by Gasteiger charge is 2.42. The van der Waals surface area contributed by atoms with Crippen LogP contribution in [0.2, 0.25) is 0 Å². The molecule has 166 valence electrons. The Kier molecular flexibility index (Phi) is 4.98. The topological polar surface area (TPSA) is 87.1 Å². The fourth-order valence-electron chi connectivity index (χ4n) is 4.70. The minimum atomic E-state index is -0.0506. The lowest BCUT2D eigenvalue weighted by atomic mass is 9.87. The van der Waals surface area contributed by atoms with E-state index in [1.54, 1.807) is 0 Å². The van der Waals surface area contributed by atoms with Gasteiger partial charge in [0.1, 0.15) is 11.2 Å².